The number of pyridine rings is 1. The second-order valence-electron chi connectivity index (χ2n) is 9.13. The molecule has 2 N–H and O–H groups in total. The van der Waals surface area contributed by atoms with Crippen LogP contribution in [0.4, 0.5) is 5.82 Å². The summed E-state index contributed by atoms with van der Waals surface area (Å²) >= 11 is 0. The lowest BCUT2D eigenvalue weighted by atomic mass is 9.99. The summed E-state index contributed by atoms with van der Waals surface area (Å²) in [6.07, 6.45) is 5.89. The highest BCUT2D eigenvalue weighted by Crippen LogP contribution is 2.32. The van der Waals surface area contributed by atoms with Crippen molar-refractivity contribution >= 4 is 37.8 Å². The Morgan fingerprint density at radius 2 is 2.03 bits per heavy atom. The van der Waals surface area contributed by atoms with Crippen LogP contribution in [0.15, 0.2) is 36.9 Å². The van der Waals surface area contributed by atoms with E-state index >= 15 is 0 Å². The Labute approximate surface area is 204 Å². The van der Waals surface area contributed by atoms with Crippen molar-refractivity contribution in [1.29, 1.82) is 0 Å². The Morgan fingerprint density at radius 3 is 2.80 bits per heavy atom. The van der Waals surface area contributed by atoms with E-state index in [0.717, 1.165) is 40.4 Å². The zero-order valence-corrected chi connectivity index (χ0v) is 20.8. The van der Waals surface area contributed by atoms with Crippen LogP contribution in [-0.2, 0) is 10.0 Å². The van der Waals surface area contributed by atoms with Crippen molar-refractivity contribution in [3.05, 3.63) is 48.2 Å². The molecule has 0 saturated carbocycles. The van der Waals surface area contributed by atoms with Gasteiger partial charge in [0.05, 0.1) is 30.9 Å². The van der Waals surface area contributed by atoms with Crippen LogP contribution in [-0.4, -0.2) is 63.6 Å². The zero-order valence-electron chi connectivity index (χ0n) is 20.0. The van der Waals surface area contributed by atoms with Crippen LogP contribution in [0.5, 0.6) is 5.88 Å². The number of aromatic amines is 1. The van der Waals surface area contributed by atoms with Crippen LogP contribution in [0.1, 0.15) is 37.1 Å². The summed E-state index contributed by atoms with van der Waals surface area (Å²) in [5, 5.41) is 5.47. The maximum absolute atomic E-state index is 11.8. The molecular formula is C24H29N7O3S. The Balaban J connectivity index is 1.38. The van der Waals surface area contributed by atoms with E-state index in [4.69, 9.17) is 9.72 Å². The molecule has 1 aromatic carbocycles. The van der Waals surface area contributed by atoms with E-state index in [1.54, 1.807) is 10.6 Å². The maximum Gasteiger partial charge on any atom is 0.221 e. The molecule has 0 amide bonds. The topological polar surface area (TPSA) is 126 Å². The van der Waals surface area contributed by atoms with Crippen LogP contribution in [0.25, 0.3) is 21.9 Å². The highest BCUT2D eigenvalue weighted by atomic mass is 32.2. The number of sulfonamides is 1. The van der Waals surface area contributed by atoms with Crippen molar-refractivity contribution in [2.75, 3.05) is 31.3 Å². The van der Waals surface area contributed by atoms with E-state index in [9.17, 15) is 8.42 Å². The Hall–Kier alpha value is -3.31. The largest absolute Gasteiger partial charge is 0.477 e. The number of hydrogen-bond acceptors (Lipinski definition) is 8. The summed E-state index contributed by atoms with van der Waals surface area (Å²) in [6, 6.07) is 8.07. The molecule has 0 spiro atoms. The molecule has 35 heavy (non-hydrogen) atoms. The van der Waals surface area contributed by atoms with Crippen LogP contribution < -0.4 is 10.1 Å². The van der Waals surface area contributed by atoms with Crippen molar-refractivity contribution in [1.82, 2.24) is 29.2 Å². The van der Waals surface area contributed by atoms with Crippen molar-refractivity contribution in [3.63, 3.8) is 0 Å². The molecule has 1 unspecified atom stereocenters. The Morgan fingerprint density at radius 1 is 1.23 bits per heavy atom. The normalized spacial score (nSPS) is 16.5. The Bertz CT molecular complexity index is 1460. The van der Waals surface area contributed by atoms with Crippen molar-refractivity contribution in [2.24, 2.45) is 5.92 Å². The van der Waals surface area contributed by atoms with Gasteiger partial charge in [-0.15, -0.1) is 0 Å². The van der Waals surface area contributed by atoms with E-state index in [2.05, 4.69) is 50.4 Å². The molecule has 3 aromatic heterocycles. The predicted octanol–water partition coefficient (Wildman–Crippen LogP) is 3.43. The molecule has 184 valence electrons. The van der Waals surface area contributed by atoms with Gasteiger partial charge in [0.1, 0.15) is 11.8 Å². The predicted molar refractivity (Wildman–Crippen MR) is 135 cm³/mol. The molecule has 10 nitrogen and oxygen atoms in total. The first-order valence-corrected chi connectivity index (χ1v) is 13.5. The monoisotopic (exact) mass is 495 g/mol. The van der Waals surface area contributed by atoms with Gasteiger partial charge in [-0.2, -0.15) is 0 Å². The lowest BCUT2D eigenvalue weighted by molar-refractivity contribution is 0.182. The third-order valence-electron chi connectivity index (χ3n) is 6.57. The maximum atomic E-state index is 11.8. The minimum Gasteiger partial charge on any atom is -0.477 e. The second kappa shape index (κ2) is 9.38. The van der Waals surface area contributed by atoms with Crippen LogP contribution in [0.3, 0.4) is 0 Å². The van der Waals surface area contributed by atoms with E-state index < -0.39 is 10.0 Å². The molecule has 4 heterocycles. The van der Waals surface area contributed by atoms with E-state index in [0.29, 0.717) is 37.0 Å². The second-order valence-corrected chi connectivity index (χ2v) is 11.1. The van der Waals surface area contributed by atoms with E-state index in [-0.39, 0.29) is 12.0 Å². The van der Waals surface area contributed by atoms with Gasteiger partial charge in [0, 0.05) is 18.5 Å². The van der Waals surface area contributed by atoms with Crippen LogP contribution >= 0.6 is 0 Å². The molecule has 0 aliphatic carbocycles. The average Bonchev–Trinajstić information content (AvgIpc) is 3.32. The molecule has 0 bridgehead atoms. The third-order valence-corrected chi connectivity index (χ3v) is 7.87. The quantitative estimate of drug-likeness (QED) is 0.399. The number of H-pyrrole nitrogens is 1. The van der Waals surface area contributed by atoms with Crippen LogP contribution in [0, 0.1) is 12.8 Å². The number of nitrogens with zero attached hydrogens (tertiary/aromatic N) is 5. The fraction of sp³-hybridized carbons (Fsp3) is 0.417. The van der Waals surface area contributed by atoms with Crippen molar-refractivity contribution in [3.8, 4) is 5.88 Å². The summed E-state index contributed by atoms with van der Waals surface area (Å²) in [7, 11) is -3.14. The smallest absolute Gasteiger partial charge is 0.221 e. The summed E-state index contributed by atoms with van der Waals surface area (Å²) in [5.41, 5.74) is 3.27. The van der Waals surface area contributed by atoms with Crippen molar-refractivity contribution < 1.29 is 13.2 Å². The molecule has 1 atom stereocenters. The molecule has 1 fully saturated rings. The summed E-state index contributed by atoms with van der Waals surface area (Å²) < 4.78 is 31.5. The highest BCUT2D eigenvalue weighted by molar-refractivity contribution is 7.88. The lowest BCUT2D eigenvalue weighted by Crippen LogP contribution is -2.39. The number of hydrogen-bond donors (Lipinski definition) is 2. The number of imidazole rings is 1. The molecule has 0 radical (unpaired) electrons. The van der Waals surface area contributed by atoms with Gasteiger partial charge in [-0.25, -0.2) is 32.7 Å². The average molecular weight is 496 g/mol. The van der Waals surface area contributed by atoms with Gasteiger partial charge in [-0.05, 0) is 49.6 Å². The fourth-order valence-electron chi connectivity index (χ4n) is 4.55. The van der Waals surface area contributed by atoms with Gasteiger partial charge in [-0.3, -0.25) is 0 Å². The van der Waals surface area contributed by atoms with Crippen molar-refractivity contribution in [2.45, 2.75) is 32.7 Å². The number of aryl methyl sites for hydroxylation is 1. The fourth-order valence-corrected chi connectivity index (χ4v) is 5.43. The lowest BCUT2D eigenvalue weighted by Gasteiger charge is -2.30. The summed E-state index contributed by atoms with van der Waals surface area (Å²) in [6.45, 7) is 5.64. The molecule has 11 heteroatoms. The first-order valence-electron chi connectivity index (χ1n) is 11.7. The first-order chi connectivity index (χ1) is 16.8. The summed E-state index contributed by atoms with van der Waals surface area (Å²) in [5.74, 6) is 1.54. The number of rotatable bonds is 7. The number of anilines is 1. The summed E-state index contributed by atoms with van der Waals surface area (Å²) in [4.78, 5) is 20.7. The molecule has 1 saturated heterocycles. The van der Waals surface area contributed by atoms with Gasteiger partial charge in [0.15, 0.2) is 11.5 Å². The number of piperidine rings is 1. The molecule has 4 aromatic rings. The van der Waals surface area contributed by atoms with Gasteiger partial charge in [0.2, 0.25) is 15.9 Å². The number of aromatic nitrogens is 5. The Kier molecular flexibility index (Phi) is 6.28. The highest BCUT2D eigenvalue weighted by Gasteiger charge is 2.26. The minimum atomic E-state index is -3.14. The molecule has 5 rings (SSSR count). The van der Waals surface area contributed by atoms with Gasteiger partial charge in [0.25, 0.3) is 0 Å². The zero-order chi connectivity index (χ0) is 24.6. The van der Waals surface area contributed by atoms with Gasteiger partial charge >= 0.3 is 0 Å². The first kappa shape index (κ1) is 23.4. The number of fused-ring (bicyclic) bond motifs is 2. The molecule has 1 aliphatic heterocycles. The van der Waals surface area contributed by atoms with Gasteiger partial charge in [-0.1, -0.05) is 18.2 Å². The minimum absolute atomic E-state index is 0.151. The number of benzene rings is 1. The van der Waals surface area contributed by atoms with E-state index in [1.807, 2.05) is 13.0 Å². The molecule has 1 aliphatic rings. The molecular weight excluding hydrogens is 466 g/mol. The SMILES string of the molecule is Cc1cccc2cc(C(C)Nc3ncnc4nc[nH]c34)nc(OCC3CCN(S(C)(=O)=O)CC3)c12. The van der Waals surface area contributed by atoms with Crippen LogP contribution in [0.2, 0.25) is 0 Å². The number of ether oxygens (including phenoxy) is 1. The van der Waals surface area contributed by atoms with Gasteiger partial charge < -0.3 is 15.0 Å². The third kappa shape index (κ3) is 4.92. The number of nitrogens with one attached hydrogen (secondary N) is 2. The standard InChI is InChI=1S/C24H29N7O3S/c1-15-5-4-6-18-11-19(16(2)29-23-21-22(26-13-25-21)27-14-28-23)30-24(20(15)18)34-12-17-7-9-31(10-8-17)35(3,32)33/h4-6,11,13-14,16-17H,7-10,12H2,1-3H3,(H2,25,26,27,28,29). The van der Waals surface area contributed by atoms with E-state index in [1.165, 1.54) is 12.6 Å².